The van der Waals surface area contributed by atoms with Crippen LogP contribution in [0.25, 0.3) is 16.6 Å². The number of benzene rings is 2. The minimum atomic E-state index is -1.05. The maximum absolute atomic E-state index is 13.7. The molecule has 2 heterocycles. The first-order chi connectivity index (χ1) is 14.0. The molecule has 0 saturated heterocycles. The van der Waals surface area contributed by atoms with Crippen molar-refractivity contribution in [2.24, 2.45) is 0 Å². The molecule has 0 radical (unpaired) electrons. The number of fused-ring (bicyclic) bond motifs is 1. The van der Waals surface area contributed by atoms with E-state index in [-0.39, 0.29) is 17.9 Å². The SMILES string of the molecule is O=C(OCc1ccccc1F)C(=O)c1c(-c2ccc(Cl)cc2)cc2ccccn12. The van der Waals surface area contributed by atoms with E-state index in [1.54, 1.807) is 47.0 Å². The summed E-state index contributed by atoms with van der Waals surface area (Å²) in [5, 5.41) is 0.565. The number of ketones is 1. The molecule has 4 aromatic rings. The molecule has 0 aliphatic heterocycles. The van der Waals surface area contributed by atoms with Gasteiger partial charge >= 0.3 is 5.97 Å². The van der Waals surface area contributed by atoms with E-state index >= 15 is 0 Å². The summed E-state index contributed by atoms with van der Waals surface area (Å²) in [6.45, 7) is -0.323. The van der Waals surface area contributed by atoms with Crippen molar-refractivity contribution < 1.29 is 18.7 Å². The maximum atomic E-state index is 13.7. The van der Waals surface area contributed by atoms with Gasteiger partial charge in [0, 0.05) is 27.9 Å². The molecule has 0 spiro atoms. The van der Waals surface area contributed by atoms with Gasteiger partial charge < -0.3 is 9.14 Å². The number of carbonyl (C=O) groups excluding carboxylic acids is 2. The van der Waals surface area contributed by atoms with Crippen LogP contribution in [0.4, 0.5) is 4.39 Å². The molecule has 0 amide bonds. The third kappa shape index (κ3) is 3.77. The number of carbonyl (C=O) groups is 2. The zero-order valence-corrected chi connectivity index (χ0v) is 15.9. The monoisotopic (exact) mass is 407 g/mol. The van der Waals surface area contributed by atoms with Gasteiger partial charge in [0.15, 0.2) is 0 Å². The molecular formula is C23H15ClFNO3. The maximum Gasteiger partial charge on any atom is 0.381 e. The Hall–Kier alpha value is -3.44. The van der Waals surface area contributed by atoms with Crippen LogP contribution in [0.15, 0.2) is 79.0 Å². The zero-order chi connectivity index (χ0) is 20.4. The normalized spacial score (nSPS) is 10.8. The molecule has 0 aliphatic rings. The van der Waals surface area contributed by atoms with Crippen LogP contribution in [0.3, 0.4) is 0 Å². The van der Waals surface area contributed by atoms with Crippen molar-refractivity contribution >= 4 is 28.9 Å². The lowest BCUT2D eigenvalue weighted by atomic mass is 10.0. The van der Waals surface area contributed by atoms with Crippen molar-refractivity contribution in [3.8, 4) is 11.1 Å². The number of esters is 1. The summed E-state index contributed by atoms with van der Waals surface area (Å²) in [6, 6.07) is 20.2. The van der Waals surface area contributed by atoms with E-state index in [4.69, 9.17) is 16.3 Å². The quantitative estimate of drug-likeness (QED) is 0.255. The first kappa shape index (κ1) is 18.9. The van der Waals surface area contributed by atoms with Crippen molar-refractivity contribution in [3.05, 3.63) is 101 Å². The van der Waals surface area contributed by atoms with Crippen LogP contribution in [0.5, 0.6) is 0 Å². The molecular weight excluding hydrogens is 393 g/mol. The van der Waals surface area contributed by atoms with Gasteiger partial charge in [0.25, 0.3) is 5.78 Å². The highest BCUT2D eigenvalue weighted by Gasteiger charge is 2.26. The highest BCUT2D eigenvalue weighted by atomic mass is 35.5. The predicted molar refractivity (Wildman–Crippen MR) is 108 cm³/mol. The fourth-order valence-electron chi connectivity index (χ4n) is 3.13. The number of hydrogen-bond donors (Lipinski definition) is 0. The van der Waals surface area contributed by atoms with Crippen LogP contribution < -0.4 is 0 Å². The molecule has 2 aromatic carbocycles. The van der Waals surface area contributed by atoms with Crippen LogP contribution in [0.2, 0.25) is 5.02 Å². The van der Waals surface area contributed by atoms with E-state index in [9.17, 15) is 14.0 Å². The van der Waals surface area contributed by atoms with E-state index in [0.717, 1.165) is 11.1 Å². The lowest BCUT2D eigenvalue weighted by molar-refractivity contribution is -0.139. The minimum Gasteiger partial charge on any atom is -0.455 e. The number of aromatic nitrogens is 1. The first-order valence-corrected chi connectivity index (χ1v) is 9.23. The Labute approximate surface area is 171 Å². The van der Waals surface area contributed by atoms with Gasteiger partial charge in [-0.05, 0) is 42.0 Å². The van der Waals surface area contributed by atoms with E-state index in [1.807, 2.05) is 18.2 Å². The number of pyridine rings is 1. The van der Waals surface area contributed by atoms with Crippen LogP contribution in [-0.2, 0) is 16.1 Å². The second kappa shape index (κ2) is 7.89. The van der Waals surface area contributed by atoms with Gasteiger partial charge in [-0.2, -0.15) is 0 Å². The lowest BCUT2D eigenvalue weighted by Gasteiger charge is -2.08. The van der Waals surface area contributed by atoms with E-state index in [2.05, 4.69) is 0 Å². The molecule has 29 heavy (non-hydrogen) atoms. The van der Waals surface area contributed by atoms with Crippen molar-refractivity contribution in [2.45, 2.75) is 6.61 Å². The third-order valence-corrected chi connectivity index (χ3v) is 4.80. The van der Waals surface area contributed by atoms with Gasteiger partial charge in [-0.25, -0.2) is 9.18 Å². The van der Waals surface area contributed by atoms with Crippen molar-refractivity contribution in [1.29, 1.82) is 0 Å². The summed E-state index contributed by atoms with van der Waals surface area (Å²) in [5.74, 6) is -2.35. The number of rotatable bonds is 5. The van der Waals surface area contributed by atoms with E-state index < -0.39 is 17.6 Å². The number of halogens is 2. The Kier molecular flexibility index (Phi) is 5.14. The molecule has 2 aromatic heterocycles. The minimum absolute atomic E-state index is 0.182. The van der Waals surface area contributed by atoms with Gasteiger partial charge in [-0.15, -0.1) is 0 Å². The Morgan fingerprint density at radius 2 is 1.69 bits per heavy atom. The molecule has 0 N–H and O–H groups in total. The summed E-state index contributed by atoms with van der Waals surface area (Å²) in [7, 11) is 0. The van der Waals surface area contributed by atoms with Gasteiger partial charge in [0.05, 0.1) is 0 Å². The van der Waals surface area contributed by atoms with Crippen molar-refractivity contribution in [3.63, 3.8) is 0 Å². The molecule has 0 unspecified atom stereocenters. The topological polar surface area (TPSA) is 47.8 Å². The second-order valence-electron chi connectivity index (χ2n) is 6.41. The number of nitrogens with zero attached hydrogens (tertiary/aromatic N) is 1. The third-order valence-electron chi connectivity index (χ3n) is 4.55. The first-order valence-electron chi connectivity index (χ1n) is 8.85. The smallest absolute Gasteiger partial charge is 0.381 e. The molecule has 0 saturated carbocycles. The lowest BCUT2D eigenvalue weighted by Crippen LogP contribution is -2.20. The van der Waals surface area contributed by atoms with Crippen LogP contribution in [-0.4, -0.2) is 16.2 Å². The second-order valence-corrected chi connectivity index (χ2v) is 6.84. The molecule has 0 aliphatic carbocycles. The van der Waals surface area contributed by atoms with E-state index in [1.165, 1.54) is 18.2 Å². The molecule has 6 heteroatoms. The number of ether oxygens (including phenoxy) is 1. The summed E-state index contributed by atoms with van der Waals surface area (Å²) < 4.78 is 20.5. The van der Waals surface area contributed by atoms with Crippen LogP contribution >= 0.6 is 11.6 Å². The molecule has 4 nitrogen and oxygen atoms in total. The highest BCUT2D eigenvalue weighted by Crippen LogP contribution is 2.29. The van der Waals surface area contributed by atoms with Gasteiger partial charge in [0.2, 0.25) is 0 Å². The summed E-state index contributed by atoms with van der Waals surface area (Å²) in [6.07, 6.45) is 1.70. The van der Waals surface area contributed by atoms with Gasteiger partial charge in [-0.1, -0.05) is 48.0 Å². The average Bonchev–Trinajstić information content (AvgIpc) is 3.12. The Morgan fingerprint density at radius 1 is 0.966 bits per heavy atom. The van der Waals surface area contributed by atoms with Crippen LogP contribution in [0.1, 0.15) is 16.1 Å². The predicted octanol–water partition coefficient (Wildman–Crippen LogP) is 5.32. The number of Topliss-reactive ketones (excluding diaryl/α,β-unsaturated/α-hetero) is 1. The zero-order valence-electron chi connectivity index (χ0n) is 15.1. The molecule has 144 valence electrons. The Bertz CT molecular complexity index is 1210. The highest BCUT2D eigenvalue weighted by molar-refractivity contribution is 6.41. The molecule has 0 atom stereocenters. The fourth-order valence-corrected chi connectivity index (χ4v) is 3.25. The Morgan fingerprint density at radius 3 is 2.45 bits per heavy atom. The molecule has 0 fully saturated rings. The summed E-state index contributed by atoms with van der Waals surface area (Å²) in [5.41, 5.74) is 2.46. The average molecular weight is 408 g/mol. The van der Waals surface area contributed by atoms with Gasteiger partial charge in [0.1, 0.15) is 18.1 Å². The van der Waals surface area contributed by atoms with Crippen LogP contribution in [0, 0.1) is 5.82 Å². The molecule has 4 rings (SSSR count). The van der Waals surface area contributed by atoms with Gasteiger partial charge in [-0.3, -0.25) is 4.79 Å². The standard InChI is InChI=1S/C23H15ClFNO3/c24-17-10-8-15(9-11-17)19-13-18-6-3-4-12-26(18)21(19)22(27)23(28)29-14-16-5-1-2-7-20(16)25/h1-13H,14H2. The largest absolute Gasteiger partial charge is 0.455 e. The fraction of sp³-hybridized carbons (Fsp3) is 0.0435. The molecule has 0 bridgehead atoms. The number of hydrogen-bond acceptors (Lipinski definition) is 3. The van der Waals surface area contributed by atoms with Crippen molar-refractivity contribution in [1.82, 2.24) is 4.40 Å². The van der Waals surface area contributed by atoms with E-state index in [0.29, 0.717) is 10.6 Å². The summed E-state index contributed by atoms with van der Waals surface area (Å²) >= 11 is 5.97. The van der Waals surface area contributed by atoms with Crippen molar-refractivity contribution in [2.75, 3.05) is 0 Å². The Balaban J connectivity index is 1.69. The summed E-state index contributed by atoms with van der Waals surface area (Å²) in [4.78, 5) is 25.5.